The van der Waals surface area contributed by atoms with Crippen LogP contribution in [0, 0.1) is 5.41 Å². The van der Waals surface area contributed by atoms with Gasteiger partial charge in [-0.1, -0.05) is 27.7 Å². The van der Waals surface area contributed by atoms with E-state index in [2.05, 4.69) is 26.1 Å². The average molecular weight is 289 g/mol. The van der Waals surface area contributed by atoms with Crippen molar-refractivity contribution in [3.8, 4) is 0 Å². The van der Waals surface area contributed by atoms with Crippen LogP contribution in [0.5, 0.6) is 0 Å². The van der Waals surface area contributed by atoms with E-state index in [9.17, 15) is 4.79 Å². The van der Waals surface area contributed by atoms with Gasteiger partial charge in [-0.25, -0.2) is 0 Å². The molecule has 1 N–H and O–H groups in total. The number of hydrogen-bond acceptors (Lipinski definition) is 2. The summed E-state index contributed by atoms with van der Waals surface area (Å²) in [6.45, 7) is 12.3. The Balaban J connectivity index is 0. The van der Waals surface area contributed by atoms with Crippen molar-refractivity contribution in [2.24, 2.45) is 5.41 Å². The summed E-state index contributed by atoms with van der Waals surface area (Å²) in [6.07, 6.45) is 1.74. The molecule has 0 amide bonds. The fraction of sp³-hybridized carbons (Fsp3) is 0.917. The molecule has 0 saturated heterocycles. The molecule has 0 fully saturated rings. The minimum absolute atomic E-state index is 0. The van der Waals surface area contributed by atoms with Crippen LogP contribution in [0.15, 0.2) is 0 Å². The van der Waals surface area contributed by atoms with Crippen LogP contribution in [0.4, 0.5) is 0 Å². The second kappa shape index (κ2) is 8.24. The molecular weight excluding hydrogens is 262 g/mol. The van der Waals surface area contributed by atoms with E-state index in [1.807, 2.05) is 20.8 Å². The number of Topliss-reactive ketones (excluding diaryl/α,β-unsaturated/α-hetero) is 1. The molecule has 0 spiro atoms. The van der Waals surface area contributed by atoms with Gasteiger partial charge in [0.15, 0.2) is 0 Å². The van der Waals surface area contributed by atoms with Crippen molar-refractivity contribution < 1.29 is 4.79 Å². The topological polar surface area (TPSA) is 29.1 Å². The molecule has 0 aliphatic carbocycles. The zero-order valence-electron chi connectivity index (χ0n) is 10.5. The molecule has 0 aliphatic rings. The Bertz CT molecular complexity index is 187. The van der Waals surface area contributed by atoms with Crippen LogP contribution in [0.1, 0.15) is 54.4 Å². The molecule has 3 heteroatoms. The second-order valence-corrected chi connectivity index (χ2v) is 5.25. The van der Waals surface area contributed by atoms with Crippen molar-refractivity contribution in [3.63, 3.8) is 0 Å². The van der Waals surface area contributed by atoms with Crippen LogP contribution in [0.3, 0.4) is 0 Å². The van der Waals surface area contributed by atoms with Crippen LogP contribution >= 0.6 is 0 Å². The molecule has 0 rings (SSSR count). The zero-order valence-corrected chi connectivity index (χ0v) is 10.5. The Morgan fingerprint density at radius 2 is 1.67 bits per heavy atom. The van der Waals surface area contributed by atoms with Crippen LogP contribution in [0.2, 0.25) is 0 Å². The summed E-state index contributed by atoms with van der Waals surface area (Å²) in [5, 5.41) is 3.41. The fourth-order valence-corrected chi connectivity index (χ4v) is 1.25. The SMILES string of the molecule is CCC(C)NC(C)CC(=O)C(C)(C)C.[SrH2]. The first kappa shape index (κ1) is 18.5. The number of carbonyl (C=O) groups is 1. The monoisotopic (exact) mass is 289 g/mol. The summed E-state index contributed by atoms with van der Waals surface area (Å²) in [6, 6.07) is 0.787. The predicted octanol–water partition coefficient (Wildman–Crippen LogP) is 1.85. The number of ketones is 1. The maximum absolute atomic E-state index is 11.7. The summed E-state index contributed by atoms with van der Waals surface area (Å²) >= 11 is 0. The van der Waals surface area contributed by atoms with Gasteiger partial charge in [-0.15, -0.1) is 0 Å². The maximum atomic E-state index is 11.7. The molecule has 2 unspecified atom stereocenters. The summed E-state index contributed by atoms with van der Waals surface area (Å²) in [7, 11) is 0. The molecule has 0 aliphatic heterocycles. The van der Waals surface area contributed by atoms with Gasteiger partial charge in [0.05, 0.1) is 0 Å². The Hall–Kier alpha value is 1.11. The van der Waals surface area contributed by atoms with Gasteiger partial charge < -0.3 is 5.32 Å². The Kier molecular flexibility index (Phi) is 10.1. The van der Waals surface area contributed by atoms with Crippen LogP contribution < -0.4 is 5.32 Å². The molecule has 0 aromatic carbocycles. The standard InChI is InChI=1S/C12H25NO.Sr.2H/c1-7-9(2)13-10(3)8-11(14)12(4,5)6;;;/h9-10,13H,7-8H2,1-6H3;;;. The third-order valence-electron chi connectivity index (χ3n) is 2.51. The summed E-state index contributed by atoms with van der Waals surface area (Å²) in [4.78, 5) is 11.7. The van der Waals surface area contributed by atoms with Crippen molar-refractivity contribution in [2.45, 2.75) is 66.5 Å². The predicted molar refractivity (Wildman–Crippen MR) is 70.0 cm³/mol. The number of carbonyl (C=O) groups excluding carboxylic acids is 1. The van der Waals surface area contributed by atoms with E-state index in [1.165, 1.54) is 0 Å². The van der Waals surface area contributed by atoms with Crippen molar-refractivity contribution in [2.75, 3.05) is 0 Å². The number of hydrogen-bond donors (Lipinski definition) is 1. The first-order chi connectivity index (χ1) is 6.27. The van der Waals surface area contributed by atoms with Gasteiger partial charge in [0, 0.05) is 23.9 Å². The molecule has 0 aromatic rings. The third-order valence-corrected chi connectivity index (χ3v) is 2.51. The molecule has 0 heterocycles. The first-order valence-corrected chi connectivity index (χ1v) is 5.56. The molecule has 0 saturated carbocycles. The van der Waals surface area contributed by atoms with Gasteiger partial charge in [0.2, 0.25) is 0 Å². The molecule has 0 bridgehead atoms. The normalized spacial score (nSPS) is 15.3. The van der Waals surface area contributed by atoms with E-state index in [1.54, 1.807) is 0 Å². The zero-order chi connectivity index (χ0) is 11.4. The molecule has 88 valence electrons. The Morgan fingerprint density at radius 3 is 2.00 bits per heavy atom. The van der Waals surface area contributed by atoms with E-state index in [0.717, 1.165) is 6.42 Å². The van der Waals surface area contributed by atoms with Crippen molar-refractivity contribution in [1.82, 2.24) is 5.32 Å². The summed E-state index contributed by atoms with van der Waals surface area (Å²) in [5.41, 5.74) is -0.203. The first-order valence-electron chi connectivity index (χ1n) is 5.56. The van der Waals surface area contributed by atoms with Gasteiger partial charge in [-0.05, 0) is 20.3 Å². The van der Waals surface area contributed by atoms with E-state index in [-0.39, 0.29) is 56.9 Å². The van der Waals surface area contributed by atoms with E-state index in [0.29, 0.717) is 18.2 Å². The molecule has 2 atom stereocenters. The van der Waals surface area contributed by atoms with Gasteiger partial charge in [-0.2, -0.15) is 0 Å². The Morgan fingerprint density at radius 1 is 1.20 bits per heavy atom. The minimum atomic E-state index is -0.203. The molecular formula is C12H27NOSr. The molecule has 0 radical (unpaired) electrons. The molecule has 15 heavy (non-hydrogen) atoms. The van der Waals surface area contributed by atoms with Crippen molar-refractivity contribution in [3.05, 3.63) is 0 Å². The quantitative estimate of drug-likeness (QED) is 0.783. The second-order valence-electron chi connectivity index (χ2n) is 5.25. The summed E-state index contributed by atoms with van der Waals surface area (Å²) in [5.74, 6) is 0.334. The van der Waals surface area contributed by atoms with Gasteiger partial charge in [0.1, 0.15) is 5.78 Å². The van der Waals surface area contributed by atoms with Crippen LogP contribution in [-0.2, 0) is 4.79 Å². The van der Waals surface area contributed by atoms with Gasteiger partial charge in [0.25, 0.3) is 0 Å². The Labute approximate surface area is 132 Å². The van der Waals surface area contributed by atoms with Crippen LogP contribution in [-0.4, -0.2) is 63.3 Å². The van der Waals surface area contributed by atoms with Gasteiger partial charge >= 0.3 is 45.5 Å². The van der Waals surface area contributed by atoms with E-state index >= 15 is 0 Å². The number of rotatable bonds is 5. The fourth-order valence-electron chi connectivity index (χ4n) is 1.25. The average Bonchev–Trinajstić information content (AvgIpc) is 2.02. The van der Waals surface area contributed by atoms with Crippen molar-refractivity contribution in [1.29, 1.82) is 0 Å². The summed E-state index contributed by atoms with van der Waals surface area (Å²) < 4.78 is 0. The van der Waals surface area contributed by atoms with Crippen molar-refractivity contribution >= 4 is 51.3 Å². The van der Waals surface area contributed by atoms with E-state index in [4.69, 9.17) is 0 Å². The molecule has 2 nitrogen and oxygen atoms in total. The third kappa shape index (κ3) is 8.87. The van der Waals surface area contributed by atoms with Gasteiger partial charge in [-0.3, -0.25) is 4.79 Å². The van der Waals surface area contributed by atoms with E-state index < -0.39 is 0 Å². The molecule has 0 aromatic heterocycles. The van der Waals surface area contributed by atoms with Crippen LogP contribution in [0.25, 0.3) is 0 Å². The number of nitrogens with one attached hydrogen (secondary N) is 1.